The maximum atomic E-state index is 10.7. The Morgan fingerprint density at radius 3 is 2.85 bits per heavy atom. The number of likely N-dealkylation sites (N-methyl/N-ethyl adjacent to an activating group) is 1. The van der Waals surface area contributed by atoms with E-state index in [-0.39, 0.29) is 6.03 Å². The average Bonchev–Trinajstić information content (AvgIpc) is 2.47. The van der Waals surface area contributed by atoms with Gasteiger partial charge >= 0.3 is 6.03 Å². The maximum absolute atomic E-state index is 10.7. The van der Waals surface area contributed by atoms with Crippen LogP contribution in [0.4, 0.5) is 4.79 Å². The number of thiophene rings is 1. The number of nitrogens with zero attached hydrogens (tertiary/aromatic N) is 1. The number of amides is 2. The smallest absolute Gasteiger partial charge is 0.314 e. The van der Waals surface area contributed by atoms with Gasteiger partial charge in [-0.05, 0) is 30.4 Å². The molecule has 0 bridgehead atoms. The van der Waals surface area contributed by atoms with Gasteiger partial charge in [0.1, 0.15) is 0 Å². The first-order valence-corrected chi connectivity index (χ1v) is 5.02. The van der Waals surface area contributed by atoms with Crippen molar-refractivity contribution < 1.29 is 4.79 Å². The van der Waals surface area contributed by atoms with E-state index in [1.54, 1.807) is 18.4 Å². The number of carbonyl (C=O) groups is 1. The number of hydrogen-bond acceptors (Lipinski definition) is 2. The first-order chi connectivity index (χ1) is 6.11. The molecular weight excluding hydrogens is 184 g/mol. The maximum Gasteiger partial charge on any atom is 0.314 e. The van der Waals surface area contributed by atoms with Crippen LogP contribution in [-0.4, -0.2) is 24.5 Å². The highest BCUT2D eigenvalue weighted by Gasteiger charge is 2.05. The fourth-order valence-corrected chi connectivity index (χ4v) is 1.94. The predicted molar refractivity (Wildman–Crippen MR) is 55.0 cm³/mol. The third-order valence-corrected chi connectivity index (χ3v) is 3.10. The lowest BCUT2D eigenvalue weighted by molar-refractivity contribution is 0.219. The van der Waals surface area contributed by atoms with E-state index in [2.05, 4.69) is 18.4 Å². The third-order valence-electron chi connectivity index (χ3n) is 2.02. The lowest BCUT2D eigenvalue weighted by atomic mass is 10.2. The zero-order valence-electron chi connectivity index (χ0n) is 7.91. The Morgan fingerprint density at radius 2 is 2.38 bits per heavy atom. The zero-order chi connectivity index (χ0) is 9.84. The largest absolute Gasteiger partial charge is 0.351 e. The van der Waals surface area contributed by atoms with Crippen LogP contribution in [0.3, 0.4) is 0 Å². The fourth-order valence-electron chi connectivity index (χ4n) is 1.04. The van der Waals surface area contributed by atoms with Crippen molar-refractivity contribution in [3.05, 3.63) is 21.9 Å². The molecule has 0 saturated heterocycles. The van der Waals surface area contributed by atoms with Crippen LogP contribution in [0.15, 0.2) is 11.4 Å². The molecule has 0 radical (unpaired) electrons. The molecule has 1 aromatic rings. The first kappa shape index (κ1) is 10.1. The minimum atomic E-state index is -0.366. The zero-order valence-corrected chi connectivity index (χ0v) is 8.73. The number of carbonyl (C=O) groups excluding carboxylic acids is 1. The molecule has 1 aromatic heterocycles. The molecule has 1 heterocycles. The number of hydrogen-bond donors (Lipinski definition) is 1. The monoisotopic (exact) mass is 198 g/mol. The van der Waals surface area contributed by atoms with Crippen molar-refractivity contribution >= 4 is 17.4 Å². The van der Waals surface area contributed by atoms with E-state index in [0.29, 0.717) is 6.54 Å². The molecule has 0 fully saturated rings. The van der Waals surface area contributed by atoms with Crippen molar-refractivity contribution in [3.63, 3.8) is 0 Å². The van der Waals surface area contributed by atoms with Crippen LogP contribution in [0, 0.1) is 6.92 Å². The van der Waals surface area contributed by atoms with Gasteiger partial charge in [0.15, 0.2) is 0 Å². The van der Waals surface area contributed by atoms with Gasteiger partial charge in [0.2, 0.25) is 0 Å². The highest BCUT2D eigenvalue weighted by atomic mass is 32.1. The van der Waals surface area contributed by atoms with E-state index in [0.717, 1.165) is 6.42 Å². The van der Waals surface area contributed by atoms with Gasteiger partial charge in [0.25, 0.3) is 0 Å². The molecule has 0 aliphatic heterocycles. The van der Waals surface area contributed by atoms with Gasteiger partial charge in [-0.1, -0.05) is 0 Å². The predicted octanol–water partition coefficient (Wildman–Crippen LogP) is 1.61. The van der Waals surface area contributed by atoms with Crippen LogP contribution in [0.2, 0.25) is 0 Å². The summed E-state index contributed by atoms with van der Waals surface area (Å²) in [6.07, 6.45) is 0.892. The normalized spacial score (nSPS) is 10.0. The fraction of sp³-hybridized carbons (Fsp3) is 0.444. The second-order valence-electron chi connectivity index (χ2n) is 3.04. The molecule has 0 aromatic carbocycles. The summed E-state index contributed by atoms with van der Waals surface area (Å²) >= 11 is 1.72. The van der Waals surface area contributed by atoms with Gasteiger partial charge in [-0.15, -0.1) is 11.3 Å². The van der Waals surface area contributed by atoms with E-state index in [4.69, 9.17) is 5.73 Å². The summed E-state index contributed by atoms with van der Waals surface area (Å²) in [6, 6.07) is 1.72. The van der Waals surface area contributed by atoms with Crippen LogP contribution < -0.4 is 5.73 Å². The Kier molecular flexibility index (Phi) is 3.31. The Morgan fingerprint density at radius 1 is 1.69 bits per heavy atom. The lowest BCUT2D eigenvalue weighted by Gasteiger charge is -2.13. The van der Waals surface area contributed by atoms with Gasteiger partial charge in [-0.3, -0.25) is 0 Å². The standard InChI is InChI=1S/C9H14N2OS/c1-7-4-6-13-8(7)3-5-11(2)9(10)12/h4,6H,3,5H2,1-2H3,(H2,10,12). The number of nitrogens with two attached hydrogens (primary N) is 1. The summed E-state index contributed by atoms with van der Waals surface area (Å²) in [5.41, 5.74) is 6.40. The molecule has 2 amide bonds. The van der Waals surface area contributed by atoms with Gasteiger partial charge in [-0.2, -0.15) is 0 Å². The van der Waals surface area contributed by atoms with E-state index in [1.807, 2.05) is 0 Å². The molecule has 0 unspecified atom stereocenters. The molecule has 0 saturated carbocycles. The summed E-state index contributed by atoms with van der Waals surface area (Å²) in [5, 5.41) is 2.06. The summed E-state index contributed by atoms with van der Waals surface area (Å²) in [7, 11) is 1.71. The van der Waals surface area contributed by atoms with Crippen molar-refractivity contribution in [3.8, 4) is 0 Å². The molecule has 4 heteroatoms. The minimum Gasteiger partial charge on any atom is -0.351 e. The lowest BCUT2D eigenvalue weighted by Crippen LogP contribution is -2.33. The summed E-state index contributed by atoms with van der Waals surface area (Å²) in [4.78, 5) is 13.5. The van der Waals surface area contributed by atoms with Gasteiger partial charge in [0.05, 0.1) is 0 Å². The van der Waals surface area contributed by atoms with Crippen LogP contribution in [0.5, 0.6) is 0 Å². The summed E-state index contributed by atoms with van der Waals surface area (Å²) in [5.74, 6) is 0. The molecule has 1 rings (SSSR count). The van der Waals surface area contributed by atoms with Gasteiger partial charge < -0.3 is 10.6 Å². The highest BCUT2D eigenvalue weighted by Crippen LogP contribution is 2.15. The molecule has 0 spiro atoms. The molecule has 0 aliphatic rings. The molecular formula is C9H14N2OS. The van der Waals surface area contributed by atoms with E-state index in [1.165, 1.54) is 15.3 Å². The van der Waals surface area contributed by atoms with Crippen LogP contribution >= 0.6 is 11.3 Å². The van der Waals surface area contributed by atoms with Crippen LogP contribution in [0.1, 0.15) is 10.4 Å². The first-order valence-electron chi connectivity index (χ1n) is 4.15. The Hall–Kier alpha value is -1.03. The summed E-state index contributed by atoms with van der Waals surface area (Å²) in [6.45, 7) is 2.77. The van der Waals surface area contributed by atoms with Crippen molar-refractivity contribution in [1.82, 2.24) is 4.90 Å². The van der Waals surface area contributed by atoms with Crippen LogP contribution in [-0.2, 0) is 6.42 Å². The molecule has 3 nitrogen and oxygen atoms in total. The third kappa shape index (κ3) is 2.73. The second-order valence-corrected chi connectivity index (χ2v) is 4.04. The molecule has 2 N–H and O–H groups in total. The quantitative estimate of drug-likeness (QED) is 0.788. The Bertz CT molecular complexity index is 296. The van der Waals surface area contributed by atoms with E-state index >= 15 is 0 Å². The summed E-state index contributed by atoms with van der Waals surface area (Å²) < 4.78 is 0. The second kappa shape index (κ2) is 4.28. The Balaban J connectivity index is 2.44. The van der Waals surface area contributed by atoms with Crippen molar-refractivity contribution in [2.75, 3.05) is 13.6 Å². The number of aryl methyl sites for hydroxylation is 1. The van der Waals surface area contributed by atoms with Crippen molar-refractivity contribution in [2.45, 2.75) is 13.3 Å². The average molecular weight is 198 g/mol. The highest BCUT2D eigenvalue weighted by molar-refractivity contribution is 7.10. The van der Waals surface area contributed by atoms with Gasteiger partial charge in [0, 0.05) is 18.5 Å². The van der Waals surface area contributed by atoms with Gasteiger partial charge in [-0.25, -0.2) is 4.79 Å². The van der Waals surface area contributed by atoms with Crippen LogP contribution in [0.25, 0.3) is 0 Å². The molecule has 72 valence electrons. The molecule has 0 aliphatic carbocycles. The van der Waals surface area contributed by atoms with Crippen molar-refractivity contribution in [1.29, 1.82) is 0 Å². The minimum absolute atomic E-state index is 0.366. The number of urea groups is 1. The topological polar surface area (TPSA) is 46.3 Å². The van der Waals surface area contributed by atoms with E-state index < -0.39 is 0 Å². The SMILES string of the molecule is Cc1ccsc1CCN(C)C(N)=O. The van der Waals surface area contributed by atoms with Crippen molar-refractivity contribution in [2.24, 2.45) is 5.73 Å². The van der Waals surface area contributed by atoms with E-state index in [9.17, 15) is 4.79 Å². The number of primary amides is 1. The number of rotatable bonds is 3. The molecule has 0 atom stereocenters. The molecule has 13 heavy (non-hydrogen) atoms. The Labute approximate surface area is 82.2 Å².